The fourth-order valence-corrected chi connectivity index (χ4v) is 45.4. The maximum absolute atomic E-state index is 8.94. The van der Waals surface area contributed by atoms with Crippen LogP contribution in [0.5, 0.6) is 0 Å². The second kappa shape index (κ2) is 14.0. The van der Waals surface area contributed by atoms with Gasteiger partial charge in [0, 0.05) is 0 Å². The molecule has 11 rings (SSSR count). The summed E-state index contributed by atoms with van der Waals surface area (Å²) in [4.78, 5) is 0. The van der Waals surface area contributed by atoms with Gasteiger partial charge in [-0.2, -0.15) is 0 Å². The van der Waals surface area contributed by atoms with Crippen LogP contribution in [0.15, 0.2) is 96.1 Å². The molecule has 0 N–H and O–H groups in total. The zero-order valence-electron chi connectivity index (χ0n) is 35.3. The van der Waals surface area contributed by atoms with Crippen molar-refractivity contribution in [2.45, 2.75) is 129 Å². The molecule has 0 saturated heterocycles. The van der Waals surface area contributed by atoms with Crippen molar-refractivity contribution in [3.8, 4) is 22.3 Å². The first-order chi connectivity index (χ1) is 27.3. The fraction of sp³-hybridized carbons (Fsp3) is 0.472. The molecule has 5 saturated carbocycles. The summed E-state index contributed by atoms with van der Waals surface area (Å²) in [5, 5.41) is 0. The number of rotatable bonds is 8. The number of benzene rings is 4. The Labute approximate surface area is 352 Å². The number of allylic oxidation sites excluding steroid dienone is 2. The summed E-state index contributed by atoms with van der Waals surface area (Å²) in [5.41, 5.74) is 17.5. The minimum atomic E-state index is -4.91. The Balaban J connectivity index is 1.07. The Morgan fingerprint density at radius 2 is 1.18 bits per heavy atom. The summed E-state index contributed by atoms with van der Waals surface area (Å²) in [6.45, 7) is 14.3. The van der Waals surface area contributed by atoms with Crippen LogP contribution < -0.4 is 0 Å². The predicted octanol–water partition coefficient (Wildman–Crippen LogP) is 15.9. The molecule has 297 valence electrons. The molecule has 4 aromatic carbocycles. The number of hydrogen-bond acceptors (Lipinski definition) is 0. The molecule has 7 aliphatic carbocycles. The number of halogens is 2. The molecule has 2 unspecified atom stereocenters. The van der Waals surface area contributed by atoms with E-state index in [2.05, 4.69) is 138 Å². The quantitative estimate of drug-likeness (QED) is 0.155. The average molecular weight is 890 g/mol. The molecule has 0 nitrogen and oxygen atoms in total. The molecular formula is C53H63Cl2SiZr. The molecule has 57 heavy (non-hydrogen) atoms. The molecule has 0 amide bonds. The third-order valence-electron chi connectivity index (χ3n) is 16.6. The van der Waals surface area contributed by atoms with Crippen LogP contribution in [-0.2, 0) is 26.4 Å². The van der Waals surface area contributed by atoms with E-state index in [-0.39, 0.29) is 12.7 Å². The van der Waals surface area contributed by atoms with Gasteiger partial charge in [-0.25, -0.2) is 0 Å². The van der Waals surface area contributed by atoms with E-state index in [0.29, 0.717) is 11.3 Å². The van der Waals surface area contributed by atoms with Gasteiger partial charge in [0.1, 0.15) is 0 Å². The Morgan fingerprint density at radius 3 is 1.68 bits per heavy atom. The van der Waals surface area contributed by atoms with Crippen molar-refractivity contribution in [1.29, 1.82) is 0 Å². The molecule has 0 aliphatic heterocycles. The van der Waals surface area contributed by atoms with Crippen molar-refractivity contribution in [2.24, 2.45) is 23.7 Å². The zero-order valence-corrected chi connectivity index (χ0v) is 40.4. The third kappa shape index (κ3) is 6.17. The monoisotopic (exact) mass is 887 g/mol. The van der Waals surface area contributed by atoms with Gasteiger partial charge in [0.25, 0.3) is 0 Å². The molecule has 7 aliphatic rings. The summed E-state index contributed by atoms with van der Waals surface area (Å²) in [7, 11) is 17.9. The van der Waals surface area contributed by atoms with Crippen molar-refractivity contribution in [3.63, 3.8) is 0 Å². The van der Waals surface area contributed by atoms with Gasteiger partial charge in [0.05, 0.1) is 0 Å². The van der Waals surface area contributed by atoms with Crippen LogP contribution in [0.1, 0.15) is 139 Å². The molecule has 4 aromatic rings. The first-order valence-corrected chi connectivity index (χ1v) is 39.1. The van der Waals surface area contributed by atoms with Crippen LogP contribution in [-0.4, -0.2) is 5.92 Å². The molecule has 0 spiro atoms. The van der Waals surface area contributed by atoms with E-state index < -0.39 is 21.5 Å². The first kappa shape index (κ1) is 39.2. The van der Waals surface area contributed by atoms with E-state index in [4.69, 9.17) is 17.0 Å². The van der Waals surface area contributed by atoms with Crippen LogP contribution in [0.3, 0.4) is 0 Å². The Morgan fingerprint density at radius 1 is 0.667 bits per heavy atom. The normalized spacial score (nSPS) is 28.6. The summed E-state index contributed by atoms with van der Waals surface area (Å²) in [6.07, 6.45) is 20.0. The standard InChI is InChI=1S/C27H29.C24H27.C2H7Si.2ClH.Zr/c1-2-18-13-23-4-3-5-25(26(23)14-18)22-6-8-24(9-7-22)27-15-19-10-20(16-27)12-21(11-19)17-27;1-24(2,3)21-13-11-18(12-14-21)22-10-6-9-19-15-20(16-23(19)22)17-7-4-5-8-17;1-3-2;;;/h3-9,13-14,19-21H,2,10-12,15-17H2,1H3;6,9-17H,4-5,7-8H2,1-3H3;3H,1-2H3;2*1H;/q;;;;;+2/p-2. The summed E-state index contributed by atoms with van der Waals surface area (Å²) in [6, 6.07) is 33.5. The van der Waals surface area contributed by atoms with Gasteiger partial charge in [0.15, 0.2) is 0 Å². The molecule has 0 aromatic heterocycles. The van der Waals surface area contributed by atoms with E-state index in [1.165, 1.54) is 120 Å². The summed E-state index contributed by atoms with van der Waals surface area (Å²) < 4.78 is 0.269. The van der Waals surface area contributed by atoms with Gasteiger partial charge in [0.2, 0.25) is 0 Å². The van der Waals surface area contributed by atoms with Gasteiger partial charge in [-0.1, -0.05) is 0 Å². The third-order valence-corrected chi connectivity index (χ3v) is 68.4. The van der Waals surface area contributed by atoms with Crippen LogP contribution in [0.25, 0.3) is 34.4 Å². The van der Waals surface area contributed by atoms with Gasteiger partial charge >= 0.3 is 356 Å². The molecule has 5 fully saturated rings. The van der Waals surface area contributed by atoms with Crippen LogP contribution in [0, 0.1) is 23.7 Å². The molecular weight excluding hydrogens is 827 g/mol. The molecule has 0 heterocycles. The average Bonchev–Trinajstić information content (AvgIpc) is 3.95. The van der Waals surface area contributed by atoms with Gasteiger partial charge in [-0.15, -0.1) is 0 Å². The van der Waals surface area contributed by atoms with Crippen LogP contribution in [0.4, 0.5) is 0 Å². The van der Waals surface area contributed by atoms with Gasteiger partial charge in [-0.3, -0.25) is 0 Å². The number of fused-ring (bicyclic) bond motifs is 2. The topological polar surface area (TPSA) is 0 Å². The van der Waals surface area contributed by atoms with Crippen molar-refractivity contribution < 1.29 is 15.6 Å². The molecule has 2 atom stereocenters. The zero-order chi connectivity index (χ0) is 39.5. The number of hydrogen-bond donors (Lipinski definition) is 0. The Kier molecular flexibility index (Phi) is 9.66. The van der Waals surface area contributed by atoms with Gasteiger partial charge in [-0.05, 0) is 0 Å². The summed E-state index contributed by atoms with van der Waals surface area (Å²) >= 11 is -4.91. The van der Waals surface area contributed by atoms with E-state index in [9.17, 15) is 0 Å². The van der Waals surface area contributed by atoms with Crippen molar-refractivity contribution in [3.05, 3.63) is 129 Å². The van der Waals surface area contributed by atoms with Crippen molar-refractivity contribution in [2.75, 3.05) is 0 Å². The fourth-order valence-electron chi connectivity index (χ4n) is 14.0. The van der Waals surface area contributed by atoms with E-state index in [1.807, 2.05) is 0 Å². The predicted molar refractivity (Wildman–Crippen MR) is 247 cm³/mol. The van der Waals surface area contributed by atoms with E-state index in [1.54, 1.807) is 11.1 Å². The molecule has 0 radical (unpaired) electrons. The minimum absolute atomic E-state index is 0.122. The molecule has 4 heteroatoms. The SMILES string of the molecule is CCC1=Cc2c(-c3ccc(C45CC6CC(CC(C6)C4)C5)cc3)cccc2[CH]1[Zr]([Cl])([Cl])([CH]1C(C2CCCC2)=Cc2c(-c3ccc(C(C)(C)C)cc3)cccc21)[SiH](C)C. The van der Waals surface area contributed by atoms with Gasteiger partial charge < -0.3 is 0 Å². The summed E-state index contributed by atoms with van der Waals surface area (Å²) in [5.74, 6) is 1.78. The van der Waals surface area contributed by atoms with Crippen LogP contribution >= 0.6 is 17.0 Å². The van der Waals surface area contributed by atoms with Crippen LogP contribution in [0.2, 0.25) is 13.1 Å². The Hall–Kier alpha value is -1.96. The Bertz CT molecular complexity index is 2250. The maximum atomic E-state index is 8.94. The van der Waals surface area contributed by atoms with Crippen molar-refractivity contribution >= 4 is 35.1 Å². The first-order valence-electron chi connectivity index (χ1n) is 22.7. The van der Waals surface area contributed by atoms with E-state index >= 15 is 0 Å². The van der Waals surface area contributed by atoms with E-state index in [0.717, 1.165) is 24.2 Å². The van der Waals surface area contributed by atoms with Crippen molar-refractivity contribution in [1.82, 2.24) is 0 Å². The second-order valence-electron chi connectivity index (χ2n) is 21.2. The molecule has 4 bridgehead atoms. The second-order valence-corrected chi connectivity index (χ2v) is 63.7.